The molecule has 0 radical (unpaired) electrons. The van der Waals surface area contributed by atoms with E-state index in [4.69, 9.17) is 9.47 Å². The van der Waals surface area contributed by atoms with Crippen LogP contribution in [0.25, 0.3) is 0 Å². The third kappa shape index (κ3) is 2.79. The molecule has 0 saturated heterocycles. The van der Waals surface area contributed by atoms with Gasteiger partial charge in [0.25, 0.3) is 5.79 Å². The molecule has 0 amide bonds. The second kappa shape index (κ2) is 6.98. The zero-order valence-corrected chi connectivity index (χ0v) is 11.0. The number of Topliss-reactive ketones (excluding diaryl/α,β-unsaturated/α-hetero) is 1. The highest BCUT2D eigenvalue weighted by atomic mass is 16.7. The number of rotatable bonds is 5. The van der Waals surface area contributed by atoms with Gasteiger partial charge in [0.1, 0.15) is 0 Å². The van der Waals surface area contributed by atoms with Gasteiger partial charge < -0.3 is 9.47 Å². The van der Waals surface area contributed by atoms with Gasteiger partial charge in [-0.3, -0.25) is 4.79 Å². The molecule has 0 spiro atoms. The molecule has 3 heteroatoms. The Bertz CT molecular complexity index is 531. The van der Waals surface area contributed by atoms with Gasteiger partial charge in [0.05, 0.1) is 0 Å². The van der Waals surface area contributed by atoms with E-state index in [1.807, 2.05) is 48.5 Å². The molecule has 3 nitrogen and oxygen atoms in total. The Morgan fingerprint density at radius 3 is 1.75 bits per heavy atom. The molecule has 0 aliphatic heterocycles. The summed E-state index contributed by atoms with van der Waals surface area (Å²) in [5, 5.41) is 0. The Kier molecular flexibility index (Phi) is 5.62. The monoisotopic (exact) mass is 272 g/mol. The van der Waals surface area contributed by atoms with Crippen LogP contribution in [0.1, 0.15) is 23.3 Å². The number of hydrogen-bond acceptors (Lipinski definition) is 3. The van der Waals surface area contributed by atoms with Gasteiger partial charge >= 0.3 is 0 Å². The molecule has 0 aliphatic rings. The highest BCUT2D eigenvalue weighted by Gasteiger charge is 2.41. The van der Waals surface area contributed by atoms with Crippen LogP contribution in [0.3, 0.4) is 0 Å². The van der Waals surface area contributed by atoms with Gasteiger partial charge in [0.2, 0.25) is 5.78 Å². The standard InChI is InChI=1S/C16H16O3.CH4/c1-18-16(19-2,14-11-7-4-8-12-14)15(17)13-9-5-3-6-10-13;/h3-12H,1-2H3;1H4. The van der Waals surface area contributed by atoms with Crippen LogP contribution in [0.4, 0.5) is 0 Å². The van der Waals surface area contributed by atoms with Gasteiger partial charge in [-0.1, -0.05) is 68.1 Å². The lowest BCUT2D eigenvalue weighted by molar-refractivity contribution is -0.176. The van der Waals surface area contributed by atoms with Crippen LogP contribution in [-0.4, -0.2) is 20.0 Å². The smallest absolute Gasteiger partial charge is 0.260 e. The minimum absolute atomic E-state index is 0. The first-order valence-corrected chi connectivity index (χ1v) is 6.00. The van der Waals surface area contributed by atoms with Crippen LogP contribution in [-0.2, 0) is 15.3 Å². The normalized spacial score (nSPS) is 10.7. The Morgan fingerprint density at radius 1 is 0.850 bits per heavy atom. The quantitative estimate of drug-likeness (QED) is 0.615. The molecule has 20 heavy (non-hydrogen) atoms. The van der Waals surface area contributed by atoms with E-state index >= 15 is 0 Å². The molecule has 0 fully saturated rings. The summed E-state index contributed by atoms with van der Waals surface area (Å²) in [6.07, 6.45) is 0. The molecule has 0 heterocycles. The summed E-state index contributed by atoms with van der Waals surface area (Å²) >= 11 is 0. The molecule has 0 aromatic heterocycles. The molecular weight excluding hydrogens is 252 g/mol. The van der Waals surface area contributed by atoms with E-state index in [0.717, 1.165) is 0 Å². The van der Waals surface area contributed by atoms with E-state index < -0.39 is 5.79 Å². The van der Waals surface area contributed by atoms with Crippen molar-refractivity contribution in [1.29, 1.82) is 0 Å². The SMILES string of the molecule is C.COC(OC)(C(=O)c1ccccc1)c1ccccc1. The highest BCUT2D eigenvalue weighted by Crippen LogP contribution is 2.30. The highest BCUT2D eigenvalue weighted by molar-refractivity contribution is 6.02. The van der Waals surface area contributed by atoms with E-state index in [9.17, 15) is 4.79 Å². The number of methoxy groups -OCH3 is 2. The van der Waals surface area contributed by atoms with Crippen molar-refractivity contribution in [1.82, 2.24) is 0 Å². The van der Waals surface area contributed by atoms with Crippen molar-refractivity contribution in [3.05, 3.63) is 71.8 Å². The van der Waals surface area contributed by atoms with Crippen LogP contribution in [0.15, 0.2) is 60.7 Å². The summed E-state index contributed by atoms with van der Waals surface area (Å²) in [7, 11) is 2.94. The van der Waals surface area contributed by atoms with E-state index in [2.05, 4.69) is 0 Å². The Balaban J connectivity index is 0.00000200. The van der Waals surface area contributed by atoms with Crippen molar-refractivity contribution in [2.24, 2.45) is 0 Å². The van der Waals surface area contributed by atoms with Gasteiger partial charge in [-0.15, -0.1) is 0 Å². The number of carbonyl (C=O) groups excluding carboxylic acids is 1. The second-order valence-corrected chi connectivity index (χ2v) is 4.09. The summed E-state index contributed by atoms with van der Waals surface area (Å²) in [4.78, 5) is 12.7. The maximum Gasteiger partial charge on any atom is 0.260 e. The van der Waals surface area contributed by atoms with E-state index in [1.165, 1.54) is 14.2 Å². The molecule has 106 valence electrons. The first-order chi connectivity index (χ1) is 9.24. The minimum atomic E-state index is -1.40. The average molecular weight is 272 g/mol. The second-order valence-electron chi connectivity index (χ2n) is 4.09. The summed E-state index contributed by atoms with van der Waals surface area (Å²) in [6.45, 7) is 0. The lowest BCUT2D eigenvalue weighted by Gasteiger charge is -2.29. The van der Waals surface area contributed by atoms with Crippen LogP contribution in [0, 0.1) is 0 Å². The molecular formula is C17H20O3. The third-order valence-electron chi connectivity index (χ3n) is 3.06. The predicted molar refractivity (Wildman–Crippen MR) is 79.6 cm³/mol. The Hall–Kier alpha value is -1.97. The van der Waals surface area contributed by atoms with Gasteiger partial charge in [-0.2, -0.15) is 0 Å². The van der Waals surface area contributed by atoms with Crippen LogP contribution < -0.4 is 0 Å². The molecule has 0 saturated carbocycles. The number of ketones is 1. The number of benzene rings is 2. The van der Waals surface area contributed by atoms with Crippen molar-refractivity contribution >= 4 is 5.78 Å². The summed E-state index contributed by atoms with van der Waals surface area (Å²) < 4.78 is 10.8. The van der Waals surface area contributed by atoms with Gasteiger partial charge in [0.15, 0.2) is 0 Å². The molecule has 0 bridgehead atoms. The van der Waals surface area contributed by atoms with Crippen LogP contribution in [0.2, 0.25) is 0 Å². The number of carbonyl (C=O) groups is 1. The van der Waals surface area contributed by atoms with Crippen LogP contribution >= 0.6 is 0 Å². The topological polar surface area (TPSA) is 35.5 Å². The lowest BCUT2D eigenvalue weighted by Crippen LogP contribution is -2.39. The maximum absolute atomic E-state index is 12.7. The molecule has 0 atom stereocenters. The summed E-state index contributed by atoms with van der Waals surface area (Å²) in [5.41, 5.74) is 1.23. The van der Waals surface area contributed by atoms with Crippen LogP contribution in [0.5, 0.6) is 0 Å². The van der Waals surface area contributed by atoms with Crippen molar-refractivity contribution in [3.63, 3.8) is 0 Å². The summed E-state index contributed by atoms with van der Waals surface area (Å²) in [5.74, 6) is -1.62. The molecule has 2 aromatic carbocycles. The maximum atomic E-state index is 12.7. The molecule has 0 N–H and O–H groups in total. The van der Waals surface area contributed by atoms with Crippen molar-refractivity contribution < 1.29 is 14.3 Å². The zero-order valence-electron chi connectivity index (χ0n) is 11.0. The fourth-order valence-corrected chi connectivity index (χ4v) is 2.07. The Morgan fingerprint density at radius 2 is 1.30 bits per heavy atom. The predicted octanol–water partition coefficient (Wildman–Crippen LogP) is 3.65. The minimum Gasteiger partial charge on any atom is -0.343 e. The number of ether oxygens (including phenoxy) is 2. The van der Waals surface area contributed by atoms with Gasteiger partial charge in [-0.25, -0.2) is 0 Å². The van der Waals surface area contributed by atoms with Crippen molar-refractivity contribution in [2.45, 2.75) is 13.2 Å². The molecule has 0 aliphatic carbocycles. The first-order valence-electron chi connectivity index (χ1n) is 6.00. The van der Waals surface area contributed by atoms with Gasteiger partial charge in [0, 0.05) is 25.3 Å². The lowest BCUT2D eigenvalue weighted by atomic mass is 9.96. The number of hydrogen-bond donors (Lipinski definition) is 0. The van der Waals surface area contributed by atoms with E-state index in [-0.39, 0.29) is 13.2 Å². The Labute approximate surface area is 120 Å². The van der Waals surface area contributed by atoms with E-state index in [0.29, 0.717) is 11.1 Å². The molecule has 0 unspecified atom stereocenters. The fraction of sp³-hybridized carbons (Fsp3) is 0.235. The summed E-state index contributed by atoms with van der Waals surface area (Å²) in [6, 6.07) is 18.2. The largest absolute Gasteiger partial charge is 0.343 e. The van der Waals surface area contributed by atoms with Crippen molar-refractivity contribution in [2.75, 3.05) is 14.2 Å². The van der Waals surface area contributed by atoms with Crippen molar-refractivity contribution in [3.8, 4) is 0 Å². The fourth-order valence-electron chi connectivity index (χ4n) is 2.07. The average Bonchev–Trinajstić information content (AvgIpc) is 2.51. The third-order valence-corrected chi connectivity index (χ3v) is 3.06. The molecule has 2 rings (SSSR count). The molecule has 2 aromatic rings. The van der Waals surface area contributed by atoms with E-state index in [1.54, 1.807) is 12.1 Å². The first kappa shape index (κ1) is 16.1. The zero-order chi connectivity index (χ0) is 13.7. The van der Waals surface area contributed by atoms with Gasteiger partial charge in [-0.05, 0) is 0 Å².